The molecule has 14 heavy (non-hydrogen) atoms. The highest BCUT2D eigenvalue weighted by molar-refractivity contribution is 7.91. The van der Waals surface area contributed by atoms with Gasteiger partial charge in [-0.3, -0.25) is 0 Å². The van der Waals surface area contributed by atoms with Crippen LogP contribution in [0.15, 0.2) is 0 Å². The van der Waals surface area contributed by atoms with Crippen molar-refractivity contribution in [2.24, 2.45) is 0 Å². The van der Waals surface area contributed by atoms with Gasteiger partial charge in [-0.05, 0) is 32.2 Å². The lowest BCUT2D eigenvalue weighted by atomic mass is 9.82. The topological polar surface area (TPSA) is 46.2 Å². The molecule has 1 spiro atoms. The largest absolute Gasteiger partial charge is 0.309 e. The molecule has 0 aliphatic carbocycles. The molecule has 0 aromatic rings. The molecule has 2 aliphatic heterocycles. The number of hydrogen-bond donors (Lipinski definition) is 1. The van der Waals surface area contributed by atoms with Crippen molar-refractivity contribution in [3.05, 3.63) is 0 Å². The van der Waals surface area contributed by atoms with E-state index in [0.29, 0.717) is 19.3 Å². The van der Waals surface area contributed by atoms with Gasteiger partial charge in [-0.15, -0.1) is 0 Å². The number of nitrogens with one attached hydrogen (secondary N) is 1. The van der Waals surface area contributed by atoms with E-state index in [1.54, 1.807) is 0 Å². The minimum Gasteiger partial charge on any atom is -0.309 e. The summed E-state index contributed by atoms with van der Waals surface area (Å²) in [6, 6.07) is 0. The Morgan fingerprint density at radius 1 is 1.29 bits per heavy atom. The zero-order valence-electron chi connectivity index (χ0n) is 8.13. The van der Waals surface area contributed by atoms with Crippen molar-refractivity contribution in [2.75, 3.05) is 18.1 Å². The van der Waals surface area contributed by atoms with Gasteiger partial charge in [0.2, 0.25) is 0 Å². The van der Waals surface area contributed by atoms with Crippen LogP contribution in [0.25, 0.3) is 0 Å². The summed E-state index contributed by atoms with van der Waals surface area (Å²) >= 11 is 0. The summed E-state index contributed by atoms with van der Waals surface area (Å²) in [5.41, 5.74) is -0.524. The van der Waals surface area contributed by atoms with Crippen LogP contribution in [0.4, 0.5) is 4.39 Å². The lowest BCUT2D eigenvalue weighted by Crippen LogP contribution is -2.59. The van der Waals surface area contributed by atoms with Gasteiger partial charge in [-0.1, -0.05) is 0 Å². The molecule has 1 atom stereocenters. The molecule has 0 aromatic heterocycles. The van der Waals surface area contributed by atoms with Crippen molar-refractivity contribution in [3.63, 3.8) is 0 Å². The second-order valence-corrected chi connectivity index (χ2v) is 6.65. The van der Waals surface area contributed by atoms with Gasteiger partial charge in [0.15, 0.2) is 0 Å². The van der Waals surface area contributed by atoms with Crippen LogP contribution in [0.2, 0.25) is 0 Å². The van der Waals surface area contributed by atoms with Crippen LogP contribution in [0.5, 0.6) is 0 Å². The Labute approximate surface area is 84.0 Å². The summed E-state index contributed by atoms with van der Waals surface area (Å²) in [7, 11) is -2.89. The second kappa shape index (κ2) is 3.45. The molecule has 1 unspecified atom stereocenters. The Kier molecular flexibility index (Phi) is 2.55. The lowest BCUT2D eigenvalue weighted by Gasteiger charge is -2.43. The van der Waals surface area contributed by atoms with Crippen LogP contribution < -0.4 is 5.32 Å². The van der Waals surface area contributed by atoms with Crippen LogP contribution in [0, 0.1) is 0 Å². The monoisotopic (exact) mass is 221 g/mol. The van der Waals surface area contributed by atoms with E-state index in [2.05, 4.69) is 5.32 Å². The van der Waals surface area contributed by atoms with Gasteiger partial charge in [0, 0.05) is 0 Å². The fourth-order valence-corrected chi connectivity index (χ4v) is 3.95. The zero-order chi connectivity index (χ0) is 10.2. The zero-order valence-corrected chi connectivity index (χ0v) is 8.95. The Hall–Kier alpha value is -0.160. The fourth-order valence-electron chi connectivity index (χ4n) is 2.40. The van der Waals surface area contributed by atoms with Crippen LogP contribution >= 0.6 is 0 Å². The highest BCUT2D eigenvalue weighted by Gasteiger charge is 2.44. The molecule has 2 aliphatic rings. The van der Waals surface area contributed by atoms with Crippen LogP contribution in [-0.2, 0) is 9.84 Å². The highest BCUT2D eigenvalue weighted by atomic mass is 32.2. The molecule has 2 heterocycles. The predicted octanol–water partition coefficient (Wildman–Crippen LogP) is 0.655. The highest BCUT2D eigenvalue weighted by Crippen LogP contribution is 2.33. The molecular weight excluding hydrogens is 205 g/mol. The smallest absolute Gasteiger partial charge is 0.150 e. The summed E-state index contributed by atoms with van der Waals surface area (Å²) < 4.78 is 36.2. The molecule has 2 fully saturated rings. The summed E-state index contributed by atoms with van der Waals surface area (Å²) in [6.45, 7) is 0.820. The molecule has 2 rings (SSSR count). The summed E-state index contributed by atoms with van der Waals surface area (Å²) in [4.78, 5) is 0. The van der Waals surface area contributed by atoms with Gasteiger partial charge in [0.25, 0.3) is 0 Å². The maximum atomic E-state index is 13.7. The van der Waals surface area contributed by atoms with Crippen LogP contribution in [0.1, 0.15) is 25.7 Å². The van der Waals surface area contributed by atoms with Gasteiger partial charge in [-0.25, -0.2) is 12.8 Å². The number of hydrogen-bond acceptors (Lipinski definition) is 3. The molecule has 0 radical (unpaired) electrons. The van der Waals surface area contributed by atoms with Gasteiger partial charge >= 0.3 is 0 Å². The molecular formula is C9H16FNO2S. The molecule has 82 valence electrons. The first-order chi connectivity index (χ1) is 6.54. The Balaban J connectivity index is 2.10. The average Bonchev–Trinajstić information content (AvgIpc) is 2.15. The third kappa shape index (κ3) is 1.80. The number of rotatable bonds is 0. The molecule has 0 aromatic carbocycles. The third-order valence-corrected chi connectivity index (χ3v) is 5.08. The van der Waals surface area contributed by atoms with Crippen LogP contribution in [-0.4, -0.2) is 38.2 Å². The Morgan fingerprint density at radius 3 is 2.50 bits per heavy atom. The molecule has 0 saturated carbocycles. The Bertz CT molecular complexity index is 301. The van der Waals surface area contributed by atoms with E-state index in [1.165, 1.54) is 0 Å². The quantitative estimate of drug-likeness (QED) is 0.653. The first-order valence-electron chi connectivity index (χ1n) is 5.14. The first kappa shape index (κ1) is 10.4. The maximum Gasteiger partial charge on any atom is 0.150 e. The van der Waals surface area contributed by atoms with Gasteiger partial charge in [0.1, 0.15) is 16.0 Å². The lowest BCUT2D eigenvalue weighted by molar-refractivity contribution is 0.0967. The predicted molar refractivity (Wildman–Crippen MR) is 52.8 cm³/mol. The number of piperidine rings is 1. The summed E-state index contributed by atoms with van der Waals surface area (Å²) in [6.07, 6.45) is 1.45. The van der Waals surface area contributed by atoms with E-state index in [4.69, 9.17) is 0 Å². The maximum absolute atomic E-state index is 13.7. The van der Waals surface area contributed by atoms with E-state index in [1.807, 2.05) is 0 Å². The van der Waals surface area contributed by atoms with E-state index in [-0.39, 0.29) is 11.5 Å². The first-order valence-corrected chi connectivity index (χ1v) is 6.96. The van der Waals surface area contributed by atoms with Crippen molar-refractivity contribution in [2.45, 2.75) is 37.4 Å². The van der Waals surface area contributed by atoms with Crippen molar-refractivity contribution in [1.82, 2.24) is 5.32 Å². The number of halogens is 1. The standard InChI is InChI=1S/C9H16FNO2S/c10-8-2-1-5-11-9(8)3-6-14(12,13)7-4-9/h8,11H,1-7H2. The van der Waals surface area contributed by atoms with E-state index < -0.39 is 21.5 Å². The molecule has 5 heteroatoms. The molecule has 2 saturated heterocycles. The molecule has 0 bridgehead atoms. The van der Waals surface area contributed by atoms with Gasteiger partial charge in [0.05, 0.1) is 17.0 Å². The molecule has 1 N–H and O–H groups in total. The van der Waals surface area contributed by atoms with E-state index in [0.717, 1.165) is 13.0 Å². The van der Waals surface area contributed by atoms with Crippen molar-refractivity contribution in [3.8, 4) is 0 Å². The van der Waals surface area contributed by atoms with Crippen molar-refractivity contribution >= 4 is 9.84 Å². The van der Waals surface area contributed by atoms with Gasteiger partial charge in [-0.2, -0.15) is 0 Å². The summed E-state index contributed by atoms with van der Waals surface area (Å²) in [5, 5.41) is 3.18. The van der Waals surface area contributed by atoms with E-state index >= 15 is 0 Å². The van der Waals surface area contributed by atoms with Crippen molar-refractivity contribution < 1.29 is 12.8 Å². The number of alkyl halides is 1. The van der Waals surface area contributed by atoms with Crippen LogP contribution in [0.3, 0.4) is 0 Å². The second-order valence-electron chi connectivity index (χ2n) is 4.34. The normalized spacial score (nSPS) is 35.6. The third-order valence-electron chi connectivity index (χ3n) is 3.43. The Morgan fingerprint density at radius 2 is 1.93 bits per heavy atom. The molecule has 0 amide bonds. The fraction of sp³-hybridized carbons (Fsp3) is 1.00. The average molecular weight is 221 g/mol. The minimum absolute atomic E-state index is 0.139. The SMILES string of the molecule is O=S1(=O)CCC2(CC1)NCCCC2F. The molecule has 3 nitrogen and oxygen atoms in total. The van der Waals surface area contributed by atoms with Gasteiger partial charge < -0.3 is 5.32 Å². The minimum atomic E-state index is -2.89. The van der Waals surface area contributed by atoms with E-state index in [9.17, 15) is 12.8 Å². The van der Waals surface area contributed by atoms with Crippen molar-refractivity contribution in [1.29, 1.82) is 0 Å². The summed E-state index contributed by atoms with van der Waals surface area (Å²) in [5.74, 6) is 0.279. The number of sulfone groups is 1.